The smallest absolute Gasteiger partial charge is 0.0403 e. The van der Waals surface area contributed by atoms with E-state index in [0.29, 0.717) is 0 Å². The molecule has 2 nitrogen and oxygen atoms in total. The van der Waals surface area contributed by atoms with Gasteiger partial charge in [-0.15, -0.1) is 0 Å². The maximum Gasteiger partial charge on any atom is 0.0403 e. The molecule has 0 bridgehead atoms. The topological polar surface area (TPSA) is 25.8 Å². The van der Waals surface area contributed by atoms with Crippen LogP contribution in [0.2, 0.25) is 0 Å². The number of nitrogens with zero attached hydrogens (tertiary/aromatic N) is 2. The molecule has 2 aromatic rings. The molecular weight excluding hydrogens is 304 g/mol. The van der Waals surface area contributed by atoms with Crippen molar-refractivity contribution in [2.45, 2.75) is 84.5 Å². The molecule has 136 valence electrons. The van der Waals surface area contributed by atoms with Gasteiger partial charge in [0, 0.05) is 30.2 Å². The molecule has 0 aliphatic carbocycles. The Morgan fingerprint density at radius 1 is 0.600 bits per heavy atom. The molecule has 0 radical (unpaired) electrons. The molecule has 0 saturated carbocycles. The molecule has 0 amide bonds. The van der Waals surface area contributed by atoms with Gasteiger partial charge in [-0.3, -0.25) is 9.97 Å². The summed E-state index contributed by atoms with van der Waals surface area (Å²) in [6, 6.07) is 8.83. The summed E-state index contributed by atoms with van der Waals surface area (Å²) in [6.07, 6.45) is 17.6. The zero-order chi connectivity index (χ0) is 17.7. The summed E-state index contributed by atoms with van der Waals surface area (Å²) in [7, 11) is 0. The molecule has 2 rings (SSSR count). The van der Waals surface area contributed by atoms with Gasteiger partial charge in [-0.2, -0.15) is 0 Å². The Hall–Kier alpha value is -1.70. The van der Waals surface area contributed by atoms with E-state index < -0.39 is 0 Å². The quantitative estimate of drug-likeness (QED) is 0.424. The van der Waals surface area contributed by atoms with E-state index in [4.69, 9.17) is 0 Å². The summed E-state index contributed by atoms with van der Waals surface area (Å²) >= 11 is 0. The van der Waals surface area contributed by atoms with Crippen molar-refractivity contribution in [2.24, 2.45) is 0 Å². The first kappa shape index (κ1) is 19.6. The summed E-state index contributed by atoms with van der Waals surface area (Å²) in [5, 5.41) is 0. The van der Waals surface area contributed by atoms with Crippen molar-refractivity contribution < 1.29 is 0 Å². The number of aromatic nitrogens is 2. The van der Waals surface area contributed by atoms with Crippen LogP contribution in [-0.2, 0) is 19.3 Å². The first-order chi connectivity index (χ1) is 12.3. The summed E-state index contributed by atoms with van der Waals surface area (Å²) in [6.45, 7) is 4.50. The van der Waals surface area contributed by atoms with Gasteiger partial charge in [-0.25, -0.2) is 0 Å². The van der Waals surface area contributed by atoms with Crippen LogP contribution < -0.4 is 0 Å². The number of rotatable bonds is 12. The van der Waals surface area contributed by atoms with Crippen LogP contribution in [0.15, 0.2) is 36.7 Å². The van der Waals surface area contributed by atoms with Gasteiger partial charge in [-0.1, -0.05) is 64.5 Å². The van der Waals surface area contributed by atoms with E-state index in [2.05, 4.69) is 48.1 Å². The minimum absolute atomic E-state index is 0.923. The average molecular weight is 339 g/mol. The van der Waals surface area contributed by atoms with Crippen molar-refractivity contribution in [1.82, 2.24) is 9.97 Å². The molecule has 0 spiro atoms. The van der Waals surface area contributed by atoms with Gasteiger partial charge in [0.05, 0.1) is 0 Å². The first-order valence-electron chi connectivity index (χ1n) is 10.2. The van der Waals surface area contributed by atoms with Crippen LogP contribution in [0.1, 0.15) is 87.7 Å². The molecule has 2 heterocycles. The maximum absolute atomic E-state index is 4.63. The van der Waals surface area contributed by atoms with Crippen molar-refractivity contribution in [2.75, 3.05) is 0 Å². The van der Waals surface area contributed by atoms with E-state index in [1.165, 1.54) is 73.9 Å². The summed E-state index contributed by atoms with van der Waals surface area (Å²) < 4.78 is 0. The molecule has 25 heavy (non-hydrogen) atoms. The van der Waals surface area contributed by atoms with Gasteiger partial charge in [0.2, 0.25) is 0 Å². The largest absolute Gasteiger partial charge is 0.261 e. The summed E-state index contributed by atoms with van der Waals surface area (Å²) in [4.78, 5) is 9.26. The van der Waals surface area contributed by atoms with Crippen LogP contribution in [-0.4, -0.2) is 9.97 Å². The second-order valence-corrected chi connectivity index (χ2v) is 7.11. The van der Waals surface area contributed by atoms with Gasteiger partial charge < -0.3 is 0 Å². The van der Waals surface area contributed by atoms with Crippen molar-refractivity contribution in [1.29, 1.82) is 0 Å². The van der Waals surface area contributed by atoms with E-state index in [9.17, 15) is 0 Å². The third-order valence-corrected chi connectivity index (χ3v) is 4.75. The zero-order valence-corrected chi connectivity index (χ0v) is 16.1. The number of hydrogen-bond acceptors (Lipinski definition) is 2. The van der Waals surface area contributed by atoms with E-state index >= 15 is 0 Å². The van der Waals surface area contributed by atoms with Crippen molar-refractivity contribution >= 4 is 0 Å². The highest BCUT2D eigenvalue weighted by atomic mass is 14.7. The van der Waals surface area contributed by atoms with E-state index in [1.807, 2.05) is 12.4 Å². The second kappa shape index (κ2) is 11.8. The minimum atomic E-state index is 0.923. The third-order valence-electron chi connectivity index (χ3n) is 4.75. The number of unbranched alkanes of at least 4 members (excludes halogenated alkanes) is 6. The number of aryl methyl sites for hydroxylation is 2. The minimum Gasteiger partial charge on any atom is -0.261 e. The second-order valence-electron chi connectivity index (χ2n) is 7.11. The lowest BCUT2D eigenvalue weighted by atomic mass is 10.1. The number of hydrogen-bond donors (Lipinski definition) is 0. The third kappa shape index (κ3) is 7.81. The van der Waals surface area contributed by atoms with Gasteiger partial charge in [0.25, 0.3) is 0 Å². The normalized spacial score (nSPS) is 11.0. The molecule has 2 aromatic heterocycles. The number of pyridine rings is 2. The Kier molecular flexibility index (Phi) is 9.25. The van der Waals surface area contributed by atoms with Crippen molar-refractivity contribution in [3.63, 3.8) is 0 Å². The SMILES string of the molecule is CCCCCCc1ccc(Cc2ccc(CCCCCC)nc2)cn1. The lowest BCUT2D eigenvalue weighted by molar-refractivity contribution is 0.660. The lowest BCUT2D eigenvalue weighted by Gasteiger charge is -2.05. The molecule has 0 aliphatic rings. The fourth-order valence-corrected chi connectivity index (χ4v) is 3.12. The Morgan fingerprint density at radius 3 is 1.44 bits per heavy atom. The van der Waals surface area contributed by atoms with Gasteiger partial charge in [0.1, 0.15) is 0 Å². The lowest BCUT2D eigenvalue weighted by Crippen LogP contribution is -1.96. The zero-order valence-electron chi connectivity index (χ0n) is 16.1. The highest BCUT2D eigenvalue weighted by Gasteiger charge is 2.01. The first-order valence-corrected chi connectivity index (χ1v) is 10.2. The molecule has 0 saturated heterocycles. The fraction of sp³-hybridized carbons (Fsp3) is 0.565. The molecule has 2 heteroatoms. The average Bonchev–Trinajstić information content (AvgIpc) is 2.65. The van der Waals surface area contributed by atoms with Crippen LogP contribution in [0.5, 0.6) is 0 Å². The highest BCUT2D eigenvalue weighted by Crippen LogP contribution is 2.12. The van der Waals surface area contributed by atoms with Gasteiger partial charge in [0.15, 0.2) is 0 Å². The van der Waals surface area contributed by atoms with Gasteiger partial charge in [-0.05, 0) is 48.9 Å². The molecule has 0 aromatic carbocycles. The van der Waals surface area contributed by atoms with Crippen LogP contribution in [0.25, 0.3) is 0 Å². The molecule has 0 atom stereocenters. The van der Waals surface area contributed by atoms with E-state index in [1.54, 1.807) is 0 Å². The fourth-order valence-electron chi connectivity index (χ4n) is 3.12. The van der Waals surface area contributed by atoms with Gasteiger partial charge >= 0.3 is 0 Å². The Labute approximate surface area is 154 Å². The molecule has 0 aliphatic heterocycles. The van der Waals surface area contributed by atoms with Crippen LogP contribution in [0.4, 0.5) is 0 Å². The van der Waals surface area contributed by atoms with Crippen LogP contribution in [0.3, 0.4) is 0 Å². The van der Waals surface area contributed by atoms with Crippen LogP contribution >= 0.6 is 0 Å². The highest BCUT2D eigenvalue weighted by molar-refractivity contribution is 5.24. The predicted molar refractivity (Wildman–Crippen MR) is 107 cm³/mol. The van der Waals surface area contributed by atoms with E-state index in [0.717, 1.165) is 19.3 Å². The summed E-state index contributed by atoms with van der Waals surface area (Å²) in [5.74, 6) is 0. The maximum atomic E-state index is 4.63. The Balaban J connectivity index is 1.77. The van der Waals surface area contributed by atoms with Crippen molar-refractivity contribution in [3.8, 4) is 0 Å². The molecule has 0 unspecified atom stereocenters. The Bertz CT molecular complexity index is 519. The summed E-state index contributed by atoms with van der Waals surface area (Å²) in [5.41, 5.74) is 4.99. The standard InChI is InChI=1S/C23H34N2/c1-3-5-7-9-11-22-15-13-20(18-24-22)17-21-14-16-23(25-19-21)12-10-8-6-4-2/h13-16,18-19H,3-12,17H2,1-2H3. The molecule has 0 N–H and O–H groups in total. The monoisotopic (exact) mass is 338 g/mol. The molecule has 0 fully saturated rings. The van der Waals surface area contributed by atoms with E-state index in [-0.39, 0.29) is 0 Å². The predicted octanol–water partition coefficient (Wildman–Crippen LogP) is 6.31. The van der Waals surface area contributed by atoms with Crippen molar-refractivity contribution in [3.05, 3.63) is 59.2 Å². The Morgan fingerprint density at radius 2 is 1.08 bits per heavy atom. The van der Waals surface area contributed by atoms with Crippen LogP contribution in [0, 0.1) is 0 Å². The molecular formula is C23H34N2.